The zero-order valence-electron chi connectivity index (χ0n) is 16.7. The number of carbonyl (C=O) groups is 1. The van der Waals surface area contributed by atoms with Gasteiger partial charge in [-0.15, -0.1) is 0 Å². The first-order valence-corrected chi connectivity index (χ1v) is 9.50. The van der Waals surface area contributed by atoms with E-state index in [1.165, 1.54) is 30.0 Å². The Hall–Kier alpha value is -3.75. The average molecular weight is 411 g/mol. The Morgan fingerprint density at radius 2 is 1.90 bits per heavy atom. The normalized spacial score (nSPS) is 10.7. The maximum absolute atomic E-state index is 12.9. The molecule has 0 atom stereocenters. The predicted octanol–water partition coefficient (Wildman–Crippen LogP) is 3.72. The van der Waals surface area contributed by atoms with E-state index in [0.717, 1.165) is 19.3 Å². The van der Waals surface area contributed by atoms with E-state index in [1.807, 2.05) is 6.92 Å². The lowest BCUT2D eigenvalue weighted by Crippen LogP contribution is -2.27. The predicted molar refractivity (Wildman–Crippen MR) is 110 cm³/mol. The van der Waals surface area contributed by atoms with E-state index in [0.29, 0.717) is 17.3 Å². The second kappa shape index (κ2) is 9.17. The number of hydrogen-bond acceptors (Lipinski definition) is 7. The van der Waals surface area contributed by atoms with E-state index < -0.39 is 16.6 Å². The minimum atomic E-state index is -0.885. The molecule has 0 N–H and O–H groups in total. The number of aryl methyl sites for hydroxylation is 1. The third-order valence-corrected chi connectivity index (χ3v) is 4.60. The van der Waals surface area contributed by atoms with E-state index >= 15 is 0 Å². The van der Waals surface area contributed by atoms with Gasteiger partial charge in [-0.25, -0.2) is 9.48 Å². The number of benzene rings is 2. The number of nitro groups is 1. The van der Waals surface area contributed by atoms with Crippen LogP contribution in [0.3, 0.4) is 0 Å². The lowest BCUT2D eigenvalue weighted by atomic mass is 10.1. The van der Waals surface area contributed by atoms with Crippen molar-refractivity contribution in [2.75, 3.05) is 7.11 Å². The highest BCUT2D eigenvalue weighted by molar-refractivity contribution is 6.03. The number of fused-ring (bicyclic) bond motifs is 1. The van der Waals surface area contributed by atoms with Gasteiger partial charge >= 0.3 is 11.7 Å². The fourth-order valence-electron chi connectivity index (χ4n) is 3.05. The summed E-state index contributed by atoms with van der Waals surface area (Å²) in [6.07, 6.45) is 2.62. The fraction of sp³-hybridized carbons (Fsp3) is 0.286. The van der Waals surface area contributed by atoms with Gasteiger partial charge in [0.2, 0.25) is 5.75 Å². The Morgan fingerprint density at radius 3 is 2.57 bits per heavy atom. The van der Waals surface area contributed by atoms with Gasteiger partial charge in [-0.2, -0.15) is 5.10 Å². The molecule has 0 spiro atoms. The maximum Gasteiger partial charge on any atom is 0.365 e. The fourth-order valence-corrected chi connectivity index (χ4v) is 3.05. The first-order chi connectivity index (χ1) is 14.5. The monoisotopic (exact) mass is 411 g/mol. The molecule has 0 aliphatic rings. The number of nitro benzene ring substituents is 1. The number of esters is 1. The lowest BCUT2D eigenvalue weighted by molar-refractivity contribution is -0.385. The van der Waals surface area contributed by atoms with Crippen molar-refractivity contribution in [1.29, 1.82) is 0 Å². The van der Waals surface area contributed by atoms with Gasteiger partial charge in [0.25, 0.3) is 5.56 Å². The molecule has 0 aliphatic carbocycles. The highest BCUT2D eigenvalue weighted by Gasteiger charge is 2.23. The first kappa shape index (κ1) is 21.0. The first-order valence-electron chi connectivity index (χ1n) is 9.50. The van der Waals surface area contributed by atoms with Crippen LogP contribution in [0.15, 0.2) is 47.3 Å². The maximum atomic E-state index is 12.9. The standard InChI is InChI=1S/C21H21N3O6/c1-3-4-7-12-23-20(25)16-9-6-5-8-15(16)19(22-23)21(26)30-18-11-10-14(29-2)13-17(18)24(27)28/h5-6,8-11,13H,3-4,7,12H2,1-2H3. The largest absolute Gasteiger partial charge is 0.496 e. The van der Waals surface area contributed by atoms with Crippen molar-refractivity contribution in [3.05, 3.63) is 68.6 Å². The van der Waals surface area contributed by atoms with Gasteiger partial charge in [0, 0.05) is 11.9 Å². The van der Waals surface area contributed by atoms with Gasteiger partial charge < -0.3 is 9.47 Å². The average Bonchev–Trinajstić information content (AvgIpc) is 2.75. The van der Waals surface area contributed by atoms with Crippen LogP contribution < -0.4 is 15.0 Å². The van der Waals surface area contributed by atoms with Gasteiger partial charge in [0.15, 0.2) is 5.69 Å². The van der Waals surface area contributed by atoms with Crippen LogP contribution in [0.2, 0.25) is 0 Å². The van der Waals surface area contributed by atoms with E-state index in [4.69, 9.17) is 9.47 Å². The number of carbonyl (C=O) groups excluding carboxylic acids is 1. The third-order valence-electron chi connectivity index (χ3n) is 4.60. The summed E-state index contributed by atoms with van der Waals surface area (Å²) in [5.74, 6) is -0.862. The van der Waals surface area contributed by atoms with Crippen molar-refractivity contribution in [3.63, 3.8) is 0 Å². The summed E-state index contributed by atoms with van der Waals surface area (Å²) in [6.45, 7) is 2.40. The van der Waals surface area contributed by atoms with Crippen LogP contribution in [0.5, 0.6) is 11.5 Å². The minimum Gasteiger partial charge on any atom is -0.496 e. The molecule has 30 heavy (non-hydrogen) atoms. The smallest absolute Gasteiger partial charge is 0.365 e. The minimum absolute atomic E-state index is 0.0770. The van der Waals surface area contributed by atoms with Crippen molar-refractivity contribution in [1.82, 2.24) is 9.78 Å². The number of rotatable bonds is 8. The van der Waals surface area contributed by atoms with Crippen LogP contribution in [0.25, 0.3) is 10.8 Å². The summed E-state index contributed by atoms with van der Waals surface area (Å²) in [7, 11) is 1.38. The number of nitrogens with zero attached hydrogens (tertiary/aromatic N) is 3. The van der Waals surface area contributed by atoms with Crippen molar-refractivity contribution in [2.45, 2.75) is 32.7 Å². The summed E-state index contributed by atoms with van der Waals surface area (Å²) in [5.41, 5.74) is -0.788. The van der Waals surface area contributed by atoms with Crippen molar-refractivity contribution in [3.8, 4) is 11.5 Å². The topological polar surface area (TPSA) is 114 Å². The highest BCUT2D eigenvalue weighted by atomic mass is 16.6. The molecule has 0 amide bonds. The zero-order chi connectivity index (χ0) is 21.7. The zero-order valence-corrected chi connectivity index (χ0v) is 16.7. The Balaban J connectivity index is 2.04. The molecule has 156 valence electrons. The molecule has 0 bridgehead atoms. The van der Waals surface area contributed by atoms with E-state index in [1.54, 1.807) is 24.3 Å². The van der Waals surface area contributed by atoms with Crippen molar-refractivity contribution in [2.24, 2.45) is 0 Å². The molecule has 0 unspecified atom stereocenters. The number of unbranched alkanes of at least 4 members (excludes halogenated alkanes) is 2. The molecule has 0 saturated carbocycles. The molecule has 1 heterocycles. The summed E-state index contributed by atoms with van der Waals surface area (Å²) in [4.78, 5) is 36.3. The molecule has 3 aromatic rings. The quantitative estimate of drug-likeness (QED) is 0.182. The summed E-state index contributed by atoms with van der Waals surface area (Å²) in [6, 6.07) is 10.5. The van der Waals surface area contributed by atoms with Gasteiger partial charge in [-0.3, -0.25) is 14.9 Å². The van der Waals surface area contributed by atoms with Gasteiger partial charge in [-0.05, 0) is 24.6 Å². The van der Waals surface area contributed by atoms with Gasteiger partial charge in [0.1, 0.15) is 5.75 Å². The third kappa shape index (κ3) is 4.29. The molecule has 0 radical (unpaired) electrons. The second-order valence-corrected chi connectivity index (χ2v) is 6.61. The molecule has 9 nitrogen and oxygen atoms in total. The molecule has 0 saturated heterocycles. The van der Waals surface area contributed by atoms with Gasteiger partial charge in [-0.1, -0.05) is 38.0 Å². The number of methoxy groups -OCH3 is 1. The summed E-state index contributed by atoms with van der Waals surface area (Å²) < 4.78 is 11.5. The molecular weight excluding hydrogens is 390 g/mol. The lowest BCUT2D eigenvalue weighted by Gasteiger charge is -2.11. The Kier molecular flexibility index (Phi) is 6.41. The SMILES string of the molecule is CCCCCn1nc(C(=O)Oc2ccc(OC)cc2[N+](=O)[O-])c2ccccc2c1=O. The Labute approximate surface area is 172 Å². The van der Waals surface area contributed by atoms with Crippen LogP contribution in [0, 0.1) is 10.1 Å². The molecular formula is C21H21N3O6. The second-order valence-electron chi connectivity index (χ2n) is 6.61. The number of aromatic nitrogens is 2. The Morgan fingerprint density at radius 1 is 1.17 bits per heavy atom. The summed E-state index contributed by atoms with van der Waals surface area (Å²) >= 11 is 0. The summed E-state index contributed by atoms with van der Waals surface area (Å²) in [5, 5.41) is 16.2. The van der Waals surface area contributed by atoms with Crippen molar-refractivity contribution >= 4 is 22.4 Å². The van der Waals surface area contributed by atoms with Crippen LogP contribution in [0.4, 0.5) is 5.69 Å². The highest BCUT2D eigenvalue weighted by Crippen LogP contribution is 2.31. The van der Waals surface area contributed by atoms with Crippen LogP contribution in [-0.4, -0.2) is 27.8 Å². The number of ether oxygens (including phenoxy) is 2. The van der Waals surface area contributed by atoms with Crippen molar-refractivity contribution < 1.29 is 19.2 Å². The van der Waals surface area contributed by atoms with E-state index in [2.05, 4.69) is 5.10 Å². The van der Waals surface area contributed by atoms with E-state index in [-0.39, 0.29) is 22.8 Å². The van der Waals surface area contributed by atoms with Crippen LogP contribution >= 0.6 is 0 Å². The molecule has 0 aliphatic heterocycles. The van der Waals surface area contributed by atoms with Crippen LogP contribution in [0.1, 0.15) is 36.7 Å². The number of hydrogen-bond donors (Lipinski definition) is 0. The molecule has 9 heteroatoms. The molecule has 3 rings (SSSR count). The molecule has 0 fully saturated rings. The molecule has 2 aromatic carbocycles. The molecule has 1 aromatic heterocycles. The van der Waals surface area contributed by atoms with E-state index in [9.17, 15) is 19.7 Å². The Bertz CT molecular complexity index is 1160. The van der Waals surface area contributed by atoms with Crippen LogP contribution in [-0.2, 0) is 6.54 Å². The van der Waals surface area contributed by atoms with Gasteiger partial charge in [0.05, 0.1) is 23.5 Å².